The van der Waals surface area contributed by atoms with Crippen LogP contribution >= 0.6 is 11.3 Å². The van der Waals surface area contributed by atoms with Gasteiger partial charge >= 0.3 is 0 Å². The third-order valence-corrected chi connectivity index (χ3v) is 6.99. The van der Waals surface area contributed by atoms with Crippen LogP contribution in [-0.2, 0) is 10.0 Å². The van der Waals surface area contributed by atoms with Crippen molar-refractivity contribution in [3.05, 3.63) is 15.8 Å². The van der Waals surface area contributed by atoms with E-state index in [0.29, 0.717) is 23.9 Å². The van der Waals surface area contributed by atoms with Crippen molar-refractivity contribution in [2.24, 2.45) is 5.92 Å². The Labute approximate surface area is 126 Å². The van der Waals surface area contributed by atoms with Gasteiger partial charge in [-0.05, 0) is 51.8 Å². The first-order chi connectivity index (χ1) is 9.45. The van der Waals surface area contributed by atoms with Gasteiger partial charge in [-0.1, -0.05) is 6.92 Å². The number of nitrogens with one attached hydrogen (secondary N) is 1. The molecule has 0 spiro atoms. The van der Waals surface area contributed by atoms with Crippen LogP contribution in [0.25, 0.3) is 0 Å². The van der Waals surface area contributed by atoms with E-state index in [-0.39, 0.29) is 0 Å². The highest BCUT2D eigenvalue weighted by molar-refractivity contribution is 7.89. The molecule has 1 N–H and O–H groups in total. The van der Waals surface area contributed by atoms with Crippen molar-refractivity contribution < 1.29 is 8.42 Å². The molecule has 0 unspecified atom stereocenters. The van der Waals surface area contributed by atoms with Crippen molar-refractivity contribution in [3.63, 3.8) is 0 Å². The summed E-state index contributed by atoms with van der Waals surface area (Å²) in [4.78, 5) is 2.46. The molecule has 20 heavy (non-hydrogen) atoms. The Morgan fingerprint density at radius 1 is 1.35 bits per heavy atom. The van der Waals surface area contributed by atoms with Gasteiger partial charge in [0.1, 0.15) is 0 Å². The summed E-state index contributed by atoms with van der Waals surface area (Å²) in [6.45, 7) is 9.22. The molecule has 0 amide bonds. The molecular weight excluding hydrogens is 292 g/mol. The third-order valence-electron chi connectivity index (χ3n) is 3.87. The van der Waals surface area contributed by atoms with E-state index in [4.69, 9.17) is 0 Å². The number of hydrogen-bond donors (Lipinski definition) is 1. The summed E-state index contributed by atoms with van der Waals surface area (Å²) >= 11 is 1.56. The predicted octanol–water partition coefficient (Wildman–Crippen LogP) is 2.38. The van der Waals surface area contributed by atoms with E-state index in [9.17, 15) is 8.42 Å². The Morgan fingerprint density at radius 3 is 2.50 bits per heavy atom. The Morgan fingerprint density at radius 2 is 2.00 bits per heavy atom. The summed E-state index contributed by atoms with van der Waals surface area (Å²) in [6.07, 6.45) is 1.91. The van der Waals surface area contributed by atoms with Gasteiger partial charge in [0.2, 0.25) is 10.0 Å². The average Bonchev–Trinajstić information content (AvgIpc) is 2.76. The second-order valence-electron chi connectivity index (χ2n) is 5.43. The monoisotopic (exact) mass is 316 g/mol. The van der Waals surface area contributed by atoms with E-state index in [2.05, 4.69) is 12.2 Å². The fourth-order valence-corrected chi connectivity index (χ4v) is 5.70. The molecule has 1 aromatic heterocycles. The van der Waals surface area contributed by atoms with Crippen LogP contribution in [0.4, 0.5) is 0 Å². The molecule has 0 saturated carbocycles. The summed E-state index contributed by atoms with van der Waals surface area (Å²) in [7, 11) is -3.29. The zero-order chi connectivity index (χ0) is 14.8. The molecule has 1 aliphatic rings. The second-order valence-corrected chi connectivity index (χ2v) is 8.80. The molecule has 0 aromatic carbocycles. The normalized spacial score (nSPS) is 18.6. The molecule has 114 valence electrons. The highest BCUT2D eigenvalue weighted by atomic mass is 32.2. The lowest BCUT2D eigenvalue weighted by Gasteiger charge is -2.31. The lowest BCUT2D eigenvalue weighted by molar-refractivity contribution is 0.268. The van der Waals surface area contributed by atoms with Gasteiger partial charge in [-0.3, -0.25) is 0 Å². The molecule has 0 radical (unpaired) electrons. The van der Waals surface area contributed by atoms with Crippen molar-refractivity contribution in [2.45, 2.75) is 38.5 Å². The minimum atomic E-state index is -3.29. The van der Waals surface area contributed by atoms with Crippen LogP contribution in [0.2, 0.25) is 0 Å². The lowest BCUT2D eigenvalue weighted by atomic mass is 9.98. The Balaban J connectivity index is 2.04. The van der Waals surface area contributed by atoms with Crippen molar-refractivity contribution in [1.29, 1.82) is 0 Å². The van der Waals surface area contributed by atoms with Crippen LogP contribution in [0.1, 0.15) is 29.5 Å². The van der Waals surface area contributed by atoms with Crippen molar-refractivity contribution in [2.75, 3.05) is 26.2 Å². The van der Waals surface area contributed by atoms with Gasteiger partial charge in [0.15, 0.2) is 0 Å². The highest BCUT2D eigenvalue weighted by Gasteiger charge is 2.30. The van der Waals surface area contributed by atoms with Gasteiger partial charge in [-0.25, -0.2) is 8.42 Å². The predicted molar refractivity (Wildman–Crippen MR) is 83.8 cm³/mol. The van der Waals surface area contributed by atoms with Gasteiger partial charge in [-0.2, -0.15) is 4.31 Å². The maximum atomic E-state index is 12.7. The summed E-state index contributed by atoms with van der Waals surface area (Å²) in [5.41, 5.74) is 0. The largest absolute Gasteiger partial charge is 0.317 e. The van der Waals surface area contributed by atoms with Gasteiger partial charge in [0, 0.05) is 22.8 Å². The summed E-state index contributed by atoms with van der Waals surface area (Å²) in [5.74, 6) is 0.603. The third kappa shape index (κ3) is 3.42. The molecule has 1 aliphatic heterocycles. The summed E-state index contributed by atoms with van der Waals surface area (Å²) in [6, 6.07) is 1.81. The van der Waals surface area contributed by atoms with E-state index >= 15 is 0 Å². The Bertz CT molecular complexity index is 544. The van der Waals surface area contributed by atoms with E-state index < -0.39 is 10.0 Å². The molecule has 2 heterocycles. The van der Waals surface area contributed by atoms with E-state index in [1.165, 1.54) is 0 Å². The Kier molecular flexibility index (Phi) is 5.23. The zero-order valence-electron chi connectivity index (χ0n) is 12.5. The first kappa shape index (κ1) is 15.9. The molecule has 1 fully saturated rings. The van der Waals surface area contributed by atoms with Crippen LogP contribution in [0.15, 0.2) is 11.0 Å². The topological polar surface area (TPSA) is 49.4 Å². The molecular formula is C14H24N2O2S2. The molecule has 2 rings (SSSR count). The van der Waals surface area contributed by atoms with Crippen LogP contribution in [0.3, 0.4) is 0 Å². The molecule has 0 atom stereocenters. The molecule has 4 nitrogen and oxygen atoms in total. The number of hydrogen-bond acceptors (Lipinski definition) is 4. The number of sulfonamides is 1. The number of piperidine rings is 1. The van der Waals surface area contributed by atoms with Crippen LogP contribution in [-0.4, -0.2) is 38.9 Å². The molecule has 0 aliphatic carbocycles. The number of thiophene rings is 1. The average molecular weight is 316 g/mol. The minimum Gasteiger partial charge on any atom is -0.317 e. The van der Waals surface area contributed by atoms with E-state index in [0.717, 1.165) is 35.7 Å². The van der Waals surface area contributed by atoms with Crippen LogP contribution in [0, 0.1) is 19.8 Å². The fourth-order valence-electron chi connectivity index (χ4n) is 2.70. The van der Waals surface area contributed by atoms with E-state index in [1.54, 1.807) is 21.7 Å². The molecule has 1 saturated heterocycles. The Hall–Kier alpha value is -0.430. The summed E-state index contributed by atoms with van der Waals surface area (Å²) in [5, 5.41) is 3.35. The number of rotatable bonds is 5. The van der Waals surface area contributed by atoms with Gasteiger partial charge < -0.3 is 5.32 Å². The van der Waals surface area contributed by atoms with Gasteiger partial charge in [-0.15, -0.1) is 11.3 Å². The zero-order valence-corrected chi connectivity index (χ0v) is 14.1. The van der Waals surface area contributed by atoms with Crippen molar-refractivity contribution in [3.8, 4) is 0 Å². The molecule has 0 bridgehead atoms. The first-order valence-corrected chi connectivity index (χ1v) is 9.48. The van der Waals surface area contributed by atoms with Crippen molar-refractivity contribution in [1.82, 2.24) is 9.62 Å². The van der Waals surface area contributed by atoms with Gasteiger partial charge in [0.05, 0.1) is 4.90 Å². The lowest BCUT2D eigenvalue weighted by Crippen LogP contribution is -2.40. The summed E-state index contributed by atoms with van der Waals surface area (Å²) < 4.78 is 27.0. The highest BCUT2D eigenvalue weighted by Crippen LogP contribution is 2.30. The standard InChI is InChI=1S/C14H24N2O2S2/c1-4-15-10-13-5-7-16(8-6-13)20(17,18)14-9-11(2)19-12(14)3/h9,13,15H,4-8,10H2,1-3H3. The van der Waals surface area contributed by atoms with E-state index in [1.807, 2.05) is 13.8 Å². The van der Waals surface area contributed by atoms with Gasteiger partial charge in [0.25, 0.3) is 0 Å². The maximum Gasteiger partial charge on any atom is 0.244 e. The smallest absolute Gasteiger partial charge is 0.244 e. The van der Waals surface area contributed by atoms with Crippen LogP contribution in [0.5, 0.6) is 0 Å². The first-order valence-electron chi connectivity index (χ1n) is 7.23. The number of aryl methyl sites for hydroxylation is 2. The second kappa shape index (κ2) is 6.56. The maximum absolute atomic E-state index is 12.7. The molecule has 6 heteroatoms. The molecule has 1 aromatic rings. The fraction of sp³-hybridized carbons (Fsp3) is 0.714. The quantitative estimate of drug-likeness (QED) is 0.907. The SMILES string of the molecule is CCNCC1CCN(S(=O)(=O)c2cc(C)sc2C)CC1. The minimum absolute atomic E-state index is 0.505. The van der Waals surface area contributed by atoms with Crippen LogP contribution < -0.4 is 5.32 Å². The van der Waals surface area contributed by atoms with Crippen molar-refractivity contribution >= 4 is 21.4 Å². The number of nitrogens with zero attached hydrogens (tertiary/aromatic N) is 1.